The highest BCUT2D eigenvalue weighted by Crippen LogP contribution is 2.39. The summed E-state index contributed by atoms with van der Waals surface area (Å²) in [6, 6.07) is 9.09. The number of amidine groups is 1. The van der Waals surface area contributed by atoms with Crippen LogP contribution in [0.25, 0.3) is 5.69 Å². The number of carbonyl (C=O) groups excluding carboxylic acids is 1. The van der Waals surface area contributed by atoms with Gasteiger partial charge < -0.3 is 20.7 Å². The first kappa shape index (κ1) is 26.0. The van der Waals surface area contributed by atoms with E-state index < -0.39 is 35.2 Å². The number of hydrogen-bond acceptors (Lipinski definition) is 5. The minimum Gasteiger partial charge on any atom is -0.384 e. The van der Waals surface area contributed by atoms with E-state index in [9.17, 15) is 31.1 Å². The number of carbonyl (C=O) groups is 1. The Hall–Kier alpha value is -4.07. The number of aromatic nitrogens is 2. The third kappa shape index (κ3) is 5.69. The number of anilines is 2. The number of nitrogens with zero attached hydrogens (tertiary/aromatic N) is 3. The molecule has 0 spiro atoms. The first-order chi connectivity index (χ1) is 17.3. The van der Waals surface area contributed by atoms with Crippen molar-refractivity contribution in [2.75, 3.05) is 36.5 Å². The second kappa shape index (κ2) is 9.76. The summed E-state index contributed by atoms with van der Waals surface area (Å²) in [5.74, 6) is -1.49. The number of alkyl halides is 6. The van der Waals surface area contributed by atoms with Crippen molar-refractivity contribution < 1.29 is 35.9 Å². The maximum absolute atomic E-state index is 13.8. The summed E-state index contributed by atoms with van der Waals surface area (Å²) in [6.07, 6.45) is -9.66. The molecule has 1 amide bonds. The zero-order valence-corrected chi connectivity index (χ0v) is 19.0. The van der Waals surface area contributed by atoms with E-state index in [4.69, 9.17) is 15.9 Å². The molecule has 37 heavy (non-hydrogen) atoms. The minimum atomic E-state index is -4.90. The number of benzene rings is 2. The van der Waals surface area contributed by atoms with Gasteiger partial charge in [-0.15, -0.1) is 0 Å². The van der Waals surface area contributed by atoms with Gasteiger partial charge in [-0.1, -0.05) is 12.1 Å². The number of rotatable bonds is 5. The van der Waals surface area contributed by atoms with E-state index >= 15 is 0 Å². The average molecular weight is 526 g/mol. The molecular weight excluding hydrogens is 506 g/mol. The third-order valence-electron chi connectivity index (χ3n) is 5.55. The standard InChI is InChI=1S/C23H20F6N6O2/c24-22(25,26)16-11-14(4-5-17(16)34-6-8-37-9-7-34)32-21(36)18-12-19(23(27,28)29)33-35(18)15-3-1-2-13(10-15)20(30)31/h1-5,10-12H,6-9H2,(H3,30,31)(H,32,36). The summed E-state index contributed by atoms with van der Waals surface area (Å²) in [5.41, 5.74) is 2.26. The van der Waals surface area contributed by atoms with Crippen LogP contribution in [0.5, 0.6) is 0 Å². The zero-order valence-electron chi connectivity index (χ0n) is 19.0. The van der Waals surface area contributed by atoms with E-state index in [0.29, 0.717) is 10.7 Å². The molecule has 2 aromatic carbocycles. The Balaban J connectivity index is 1.71. The Kier molecular flexibility index (Phi) is 6.86. The summed E-state index contributed by atoms with van der Waals surface area (Å²) >= 11 is 0. The topological polar surface area (TPSA) is 109 Å². The second-order valence-corrected chi connectivity index (χ2v) is 8.07. The molecule has 4 rings (SSSR count). The molecule has 14 heteroatoms. The summed E-state index contributed by atoms with van der Waals surface area (Å²) in [5, 5.41) is 13.2. The molecule has 0 aliphatic carbocycles. The molecular formula is C23H20F6N6O2. The van der Waals surface area contributed by atoms with Crippen LogP contribution in [0.3, 0.4) is 0 Å². The van der Waals surface area contributed by atoms with Crippen molar-refractivity contribution in [3.05, 3.63) is 71.0 Å². The molecule has 1 aliphatic rings. The Morgan fingerprint density at radius 1 is 1.00 bits per heavy atom. The van der Waals surface area contributed by atoms with Crippen LogP contribution in [0.2, 0.25) is 0 Å². The number of nitrogen functional groups attached to an aromatic ring is 1. The van der Waals surface area contributed by atoms with E-state index in [1.807, 2.05) is 0 Å². The van der Waals surface area contributed by atoms with Gasteiger partial charge in [0, 0.05) is 36.1 Å². The van der Waals surface area contributed by atoms with Gasteiger partial charge in [-0.3, -0.25) is 10.2 Å². The molecule has 0 atom stereocenters. The maximum atomic E-state index is 13.8. The average Bonchev–Trinajstić information content (AvgIpc) is 3.31. The molecule has 3 aromatic rings. The molecule has 4 N–H and O–H groups in total. The van der Waals surface area contributed by atoms with Gasteiger partial charge >= 0.3 is 12.4 Å². The van der Waals surface area contributed by atoms with E-state index in [1.165, 1.54) is 41.3 Å². The summed E-state index contributed by atoms with van der Waals surface area (Å²) in [7, 11) is 0. The number of amides is 1. The van der Waals surface area contributed by atoms with Crippen molar-refractivity contribution in [1.29, 1.82) is 5.41 Å². The lowest BCUT2D eigenvalue weighted by Gasteiger charge is -2.31. The molecule has 0 bridgehead atoms. The Morgan fingerprint density at radius 3 is 2.32 bits per heavy atom. The molecule has 1 aliphatic heterocycles. The van der Waals surface area contributed by atoms with E-state index in [-0.39, 0.29) is 54.8 Å². The van der Waals surface area contributed by atoms with Gasteiger partial charge in [0.1, 0.15) is 11.5 Å². The van der Waals surface area contributed by atoms with Crippen LogP contribution in [-0.2, 0) is 17.1 Å². The largest absolute Gasteiger partial charge is 0.435 e. The lowest BCUT2D eigenvalue weighted by Crippen LogP contribution is -2.37. The molecule has 1 fully saturated rings. The van der Waals surface area contributed by atoms with Gasteiger partial charge in [0.25, 0.3) is 5.91 Å². The molecule has 0 saturated carbocycles. The number of halogens is 6. The van der Waals surface area contributed by atoms with E-state index in [0.717, 1.165) is 6.07 Å². The fraction of sp³-hybridized carbons (Fsp3) is 0.261. The second-order valence-electron chi connectivity index (χ2n) is 8.07. The molecule has 0 radical (unpaired) electrons. The number of nitrogens with one attached hydrogen (secondary N) is 2. The van der Waals surface area contributed by atoms with E-state index in [1.54, 1.807) is 0 Å². The Bertz CT molecular complexity index is 1330. The van der Waals surface area contributed by atoms with Crippen LogP contribution >= 0.6 is 0 Å². The third-order valence-corrected chi connectivity index (χ3v) is 5.55. The van der Waals surface area contributed by atoms with Gasteiger partial charge in [0.05, 0.1) is 24.5 Å². The monoisotopic (exact) mass is 526 g/mol. The fourth-order valence-electron chi connectivity index (χ4n) is 3.80. The highest BCUT2D eigenvalue weighted by molar-refractivity contribution is 6.04. The van der Waals surface area contributed by atoms with Gasteiger partial charge in [0.15, 0.2) is 5.69 Å². The van der Waals surface area contributed by atoms with Crippen LogP contribution < -0.4 is 16.0 Å². The van der Waals surface area contributed by atoms with Crippen LogP contribution in [0.4, 0.5) is 37.7 Å². The highest BCUT2D eigenvalue weighted by atomic mass is 19.4. The predicted octanol–water partition coefficient (Wildman–Crippen LogP) is 4.28. The van der Waals surface area contributed by atoms with E-state index in [2.05, 4.69) is 10.4 Å². The first-order valence-electron chi connectivity index (χ1n) is 10.8. The predicted molar refractivity (Wildman–Crippen MR) is 122 cm³/mol. The summed E-state index contributed by atoms with van der Waals surface area (Å²) in [4.78, 5) is 14.5. The molecule has 196 valence electrons. The Morgan fingerprint density at radius 2 is 1.70 bits per heavy atom. The number of ether oxygens (including phenoxy) is 1. The van der Waals surface area contributed by atoms with Crippen LogP contribution in [0, 0.1) is 5.41 Å². The lowest BCUT2D eigenvalue weighted by molar-refractivity contribution is -0.141. The van der Waals surface area contributed by atoms with Crippen LogP contribution in [0.15, 0.2) is 48.5 Å². The molecule has 8 nitrogen and oxygen atoms in total. The Labute approximate surface area is 206 Å². The highest BCUT2D eigenvalue weighted by Gasteiger charge is 2.37. The van der Waals surface area contributed by atoms with Crippen molar-refractivity contribution in [2.24, 2.45) is 5.73 Å². The van der Waals surface area contributed by atoms with Crippen molar-refractivity contribution in [2.45, 2.75) is 12.4 Å². The van der Waals surface area contributed by atoms with Crippen molar-refractivity contribution in [3.63, 3.8) is 0 Å². The van der Waals surface area contributed by atoms with Crippen molar-refractivity contribution in [1.82, 2.24) is 9.78 Å². The lowest BCUT2D eigenvalue weighted by atomic mass is 10.1. The molecule has 0 unspecified atom stereocenters. The normalized spacial score (nSPS) is 14.5. The number of morpholine rings is 1. The first-order valence-corrected chi connectivity index (χ1v) is 10.8. The smallest absolute Gasteiger partial charge is 0.384 e. The SMILES string of the molecule is N=C(N)c1cccc(-n2nc(C(F)(F)F)cc2C(=O)Nc2ccc(N3CCOCC3)c(C(F)(F)F)c2)c1. The maximum Gasteiger partial charge on any atom is 0.435 e. The van der Waals surface area contributed by atoms with Gasteiger partial charge in [-0.2, -0.15) is 31.4 Å². The summed E-state index contributed by atoms with van der Waals surface area (Å²) in [6.45, 7) is 0.999. The molecule has 1 aromatic heterocycles. The van der Waals surface area contributed by atoms with Crippen LogP contribution in [0.1, 0.15) is 27.3 Å². The minimum absolute atomic E-state index is 0.00741. The summed E-state index contributed by atoms with van der Waals surface area (Å²) < 4.78 is 87.6. The molecule has 2 heterocycles. The quantitative estimate of drug-likeness (QED) is 0.261. The van der Waals surface area contributed by atoms with Gasteiger partial charge in [-0.05, 0) is 30.3 Å². The zero-order chi connectivity index (χ0) is 27.0. The number of hydrogen-bond donors (Lipinski definition) is 3. The fourth-order valence-corrected chi connectivity index (χ4v) is 3.80. The molecule has 1 saturated heterocycles. The van der Waals surface area contributed by atoms with Gasteiger partial charge in [-0.25, -0.2) is 4.68 Å². The van der Waals surface area contributed by atoms with Crippen LogP contribution in [-0.4, -0.2) is 47.8 Å². The van der Waals surface area contributed by atoms with Crippen molar-refractivity contribution >= 4 is 23.1 Å². The van der Waals surface area contributed by atoms with Crippen molar-refractivity contribution in [3.8, 4) is 5.69 Å². The van der Waals surface area contributed by atoms with Gasteiger partial charge in [0.2, 0.25) is 0 Å². The number of nitrogens with two attached hydrogens (primary N) is 1.